The van der Waals surface area contributed by atoms with Gasteiger partial charge in [-0.3, -0.25) is 4.57 Å². The molecule has 2 unspecified atom stereocenters. The van der Waals surface area contributed by atoms with Gasteiger partial charge in [-0.25, -0.2) is 4.79 Å². The number of rotatable bonds is 9. The Morgan fingerprint density at radius 3 is 2.35 bits per heavy atom. The average Bonchev–Trinajstić information content (AvgIpc) is 3.40. The molecule has 2 aromatic carbocycles. The van der Waals surface area contributed by atoms with E-state index in [1.54, 1.807) is 4.57 Å². The number of carbonyl (C=O) groups excluding carboxylic acids is 1. The van der Waals surface area contributed by atoms with Gasteiger partial charge in [-0.2, -0.15) is 4.98 Å². The van der Waals surface area contributed by atoms with Crippen molar-refractivity contribution in [2.24, 2.45) is 0 Å². The molecule has 34 heavy (non-hydrogen) atoms. The second-order valence-corrected chi connectivity index (χ2v) is 9.42. The standard InChI is InChI=1S/C26H32N4O4/c1-26(2,3)34-24(31)21-22(28-25(29(4)5)30(21)19-14-10-7-11-15-19)27-23-20(33-23)17-32-16-18-12-8-6-9-13-18/h6-15,20,23,27H,16-17H2,1-5H3. The van der Waals surface area contributed by atoms with E-state index in [4.69, 9.17) is 19.2 Å². The number of imidazole rings is 1. The molecule has 180 valence electrons. The highest BCUT2D eigenvalue weighted by molar-refractivity contribution is 5.95. The smallest absolute Gasteiger partial charge is 0.359 e. The van der Waals surface area contributed by atoms with E-state index < -0.39 is 11.6 Å². The molecule has 8 heteroatoms. The second kappa shape index (κ2) is 9.87. The van der Waals surface area contributed by atoms with Crippen LogP contribution in [0.15, 0.2) is 60.7 Å². The molecule has 2 atom stereocenters. The minimum absolute atomic E-state index is 0.125. The summed E-state index contributed by atoms with van der Waals surface area (Å²) >= 11 is 0. The molecule has 0 spiro atoms. The van der Waals surface area contributed by atoms with Crippen LogP contribution in [0.3, 0.4) is 0 Å². The number of esters is 1. The lowest BCUT2D eigenvalue weighted by Crippen LogP contribution is -2.27. The van der Waals surface area contributed by atoms with Crippen LogP contribution in [-0.2, 0) is 20.8 Å². The highest BCUT2D eigenvalue weighted by atomic mass is 16.6. The Morgan fingerprint density at radius 2 is 1.74 bits per heavy atom. The largest absolute Gasteiger partial charge is 0.455 e. The van der Waals surface area contributed by atoms with Crippen molar-refractivity contribution in [2.75, 3.05) is 30.9 Å². The zero-order valence-electron chi connectivity index (χ0n) is 20.3. The topological polar surface area (TPSA) is 81.2 Å². The Kier molecular flexibility index (Phi) is 6.90. The van der Waals surface area contributed by atoms with Gasteiger partial charge in [0.1, 0.15) is 11.7 Å². The summed E-state index contributed by atoms with van der Waals surface area (Å²) in [5, 5.41) is 3.27. The van der Waals surface area contributed by atoms with Gasteiger partial charge in [0, 0.05) is 19.8 Å². The summed E-state index contributed by atoms with van der Waals surface area (Å²) in [4.78, 5) is 19.9. The van der Waals surface area contributed by atoms with Crippen LogP contribution in [0.1, 0.15) is 36.8 Å². The zero-order valence-corrected chi connectivity index (χ0v) is 20.3. The van der Waals surface area contributed by atoms with E-state index in [0.717, 1.165) is 11.3 Å². The molecule has 0 saturated carbocycles. The number of epoxide rings is 1. The first-order valence-corrected chi connectivity index (χ1v) is 11.4. The molecule has 1 aliphatic heterocycles. The maximum Gasteiger partial charge on any atom is 0.359 e. The molecule has 1 aromatic heterocycles. The lowest BCUT2D eigenvalue weighted by atomic mass is 10.2. The fourth-order valence-corrected chi connectivity index (χ4v) is 3.54. The van der Waals surface area contributed by atoms with E-state index in [0.29, 0.717) is 30.7 Å². The van der Waals surface area contributed by atoms with Crippen LogP contribution in [0.2, 0.25) is 0 Å². The number of carbonyl (C=O) groups is 1. The fraction of sp³-hybridized carbons (Fsp3) is 0.385. The third kappa shape index (κ3) is 5.76. The van der Waals surface area contributed by atoms with Gasteiger partial charge in [-0.1, -0.05) is 48.5 Å². The van der Waals surface area contributed by atoms with E-state index in [1.165, 1.54) is 0 Å². The molecule has 3 aromatic rings. The van der Waals surface area contributed by atoms with Crippen LogP contribution >= 0.6 is 0 Å². The Bertz CT molecular complexity index is 1110. The van der Waals surface area contributed by atoms with Crippen molar-refractivity contribution in [3.8, 4) is 5.69 Å². The van der Waals surface area contributed by atoms with E-state index >= 15 is 0 Å². The first kappa shape index (κ1) is 23.8. The zero-order chi connectivity index (χ0) is 24.3. The minimum atomic E-state index is -0.650. The Labute approximate surface area is 200 Å². The number of nitrogens with zero attached hydrogens (tertiary/aromatic N) is 3. The average molecular weight is 465 g/mol. The molecular formula is C26H32N4O4. The molecule has 0 bridgehead atoms. The Balaban J connectivity index is 1.55. The van der Waals surface area contributed by atoms with E-state index in [-0.39, 0.29) is 12.3 Å². The molecule has 1 N–H and O–H groups in total. The highest BCUT2D eigenvalue weighted by Crippen LogP contribution is 2.32. The van der Waals surface area contributed by atoms with Gasteiger partial charge in [0.15, 0.2) is 17.7 Å². The van der Waals surface area contributed by atoms with Crippen LogP contribution in [0.25, 0.3) is 5.69 Å². The number of aromatic nitrogens is 2. The normalized spacial score (nSPS) is 17.3. The van der Waals surface area contributed by atoms with Crippen molar-refractivity contribution >= 4 is 17.7 Å². The van der Waals surface area contributed by atoms with Crippen LogP contribution in [0.4, 0.5) is 11.8 Å². The molecule has 1 fully saturated rings. The monoisotopic (exact) mass is 464 g/mol. The maximum absolute atomic E-state index is 13.3. The number of para-hydroxylation sites is 1. The van der Waals surface area contributed by atoms with Crippen LogP contribution in [0.5, 0.6) is 0 Å². The molecule has 8 nitrogen and oxygen atoms in total. The van der Waals surface area contributed by atoms with E-state index in [2.05, 4.69) is 5.32 Å². The van der Waals surface area contributed by atoms with Crippen molar-refractivity contribution in [1.82, 2.24) is 9.55 Å². The van der Waals surface area contributed by atoms with E-state index in [9.17, 15) is 4.79 Å². The van der Waals surface area contributed by atoms with Crippen molar-refractivity contribution in [3.63, 3.8) is 0 Å². The van der Waals surface area contributed by atoms with Crippen molar-refractivity contribution in [2.45, 2.75) is 45.3 Å². The van der Waals surface area contributed by atoms with Gasteiger partial charge in [0.2, 0.25) is 5.95 Å². The summed E-state index contributed by atoms with van der Waals surface area (Å²) in [6.07, 6.45) is -0.425. The summed E-state index contributed by atoms with van der Waals surface area (Å²) in [7, 11) is 3.77. The van der Waals surface area contributed by atoms with Crippen molar-refractivity contribution in [3.05, 3.63) is 71.9 Å². The molecule has 1 saturated heterocycles. The number of ether oxygens (including phenoxy) is 3. The lowest BCUT2D eigenvalue weighted by molar-refractivity contribution is 0.00618. The molecule has 0 aliphatic carbocycles. The van der Waals surface area contributed by atoms with Gasteiger partial charge in [-0.15, -0.1) is 0 Å². The summed E-state index contributed by atoms with van der Waals surface area (Å²) in [6.45, 7) is 6.49. The Morgan fingerprint density at radius 1 is 1.09 bits per heavy atom. The first-order valence-electron chi connectivity index (χ1n) is 11.4. The number of hydrogen-bond acceptors (Lipinski definition) is 7. The van der Waals surface area contributed by atoms with Gasteiger partial charge in [0.05, 0.1) is 13.2 Å². The van der Waals surface area contributed by atoms with Gasteiger partial charge < -0.3 is 24.4 Å². The summed E-state index contributed by atoms with van der Waals surface area (Å²) < 4.78 is 19.1. The van der Waals surface area contributed by atoms with Crippen LogP contribution < -0.4 is 10.2 Å². The molecular weight excluding hydrogens is 432 g/mol. The van der Waals surface area contributed by atoms with Gasteiger partial charge in [-0.05, 0) is 38.5 Å². The fourth-order valence-electron chi connectivity index (χ4n) is 3.54. The van der Waals surface area contributed by atoms with Crippen molar-refractivity contribution < 1.29 is 19.0 Å². The summed E-state index contributed by atoms with van der Waals surface area (Å²) in [6, 6.07) is 19.6. The number of nitrogens with one attached hydrogen (secondary N) is 1. The third-order valence-corrected chi connectivity index (χ3v) is 5.12. The molecule has 4 rings (SSSR count). The van der Waals surface area contributed by atoms with E-state index in [1.807, 2.05) is 100 Å². The first-order chi connectivity index (χ1) is 16.2. The molecule has 2 heterocycles. The van der Waals surface area contributed by atoms with Gasteiger partial charge in [0.25, 0.3) is 0 Å². The number of hydrogen-bond donors (Lipinski definition) is 1. The third-order valence-electron chi connectivity index (χ3n) is 5.12. The molecule has 0 amide bonds. The predicted octanol–water partition coefficient (Wildman–Crippen LogP) is 4.25. The van der Waals surface area contributed by atoms with Crippen molar-refractivity contribution in [1.29, 1.82) is 0 Å². The number of anilines is 2. The molecule has 0 radical (unpaired) electrons. The molecule has 1 aliphatic rings. The SMILES string of the molecule is CN(C)c1nc(NC2OC2COCc2ccccc2)c(C(=O)OC(C)(C)C)n1-c1ccccc1. The maximum atomic E-state index is 13.3. The number of benzene rings is 2. The van der Waals surface area contributed by atoms with Crippen LogP contribution in [-0.4, -0.2) is 54.2 Å². The van der Waals surface area contributed by atoms with Crippen LogP contribution in [0, 0.1) is 0 Å². The highest BCUT2D eigenvalue weighted by Gasteiger charge is 2.41. The second-order valence-electron chi connectivity index (χ2n) is 9.42. The lowest BCUT2D eigenvalue weighted by Gasteiger charge is -2.21. The summed E-state index contributed by atoms with van der Waals surface area (Å²) in [5.41, 5.74) is 1.59. The van der Waals surface area contributed by atoms with Gasteiger partial charge >= 0.3 is 5.97 Å². The minimum Gasteiger partial charge on any atom is -0.455 e. The quantitative estimate of drug-likeness (QED) is 0.375. The summed E-state index contributed by atoms with van der Waals surface area (Å²) in [5.74, 6) is 0.557. The Hall–Kier alpha value is -3.36. The predicted molar refractivity (Wildman–Crippen MR) is 131 cm³/mol.